The Kier molecular flexibility index (Phi) is 10.1. The quantitative estimate of drug-likeness (QED) is 0.551. The van der Waals surface area contributed by atoms with Crippen LogP contribution in [0.15, 0.2) is 41.4 Å². The van der Waals surface area contributed by atoms with E-state index >= 15 is 0 Å². The molecule has 1 spiro atoms. The van der Waals surface area contributed by atoms with E-state index in [1.54, 1.807) is 23.7 Å². The van der Waals surface area contributed by atoms with Gasteiger partial charge in [-0.1, -0.05) is 0 Å². The summed E-state index contributed by atoms with van der Waals surface area (Å²) >= 11 is 1.76. The Morgan fingerprint density at radius 2 is 1.81 bits per heavy atom. The fourth-order valence-corrected chi connectivity index (χ4v) is 4.13. The first-order valence-corrected chi connectivity index (χ1v) is 11.2. The Labute approximate surface area is 205 Å². The molecule has 2 N–H and O–H groups in total. The molecule has 2 atom stereocenters. The van der Waals surface area contributed by atoms with E-state index in [9.17, 15) is 26.3 Å². The van der Waals surface area contributed by atoms with E-state index < -0.39 is 24.3 Å². The number of carboxylic acid groups (broad SMARTS) is 2. The molecule has 15 heteroatoms. The molecule has 2 fully saturated rings. The van der Waals surface area contributed by atoms with Crippen molar-refractivity contribution in [1.82, 2.24) is 9.88 Å². The summed E-state index contributed by atoms with van der Waals surface area (Å²) < 4.78 is 75.6. The number of pyridine rings is 1. The second kappa shape index (κ2) is 12.4. The van der Waals surface area contributed by atoms with Gasteiger partial charge in [-0.25, -0.2) is 9.59 Å². The molecule has 2 aliphatic rings. The number of thiophene rings is 1. The number of aromatic nitrogens is 1. The molecule has 2 aromatic rings. The number of carbonyl (C=O) groups is 2. The zero-order valence-corrected chi connectivity index (χ0v) is 19.3. The lowest BCUT2D eigenvalue weighted by Gasteiger charge is -2.23. The molecule has 0 unspecified atom stereocenters. The third-order valence-electron chi connectivity index (χ3n) is 4.98. The van der Waals surface area contributed by atoms with Crippen LogP contribution in [0.2, 0.25) is 0 Å². The minimum absolute atomic E-state index is 0.0110. The van der Waals surface area contributed by atoms with Gasteiger partial charge in [-0.15, -0.1) is 0 Å². The van der Waals surface area contributed by atoms with Gasteiger partial charge >= 0.3 is 24.3 Å². The number of alkyl halides is 6. The molecule has 200 valence electrons. The number of nitrogens with zero attached hydrogens (tertiary/aromatic N) is 2. The molecule has 0 amide bonds. The lowest BCUT2D eigenvalue weighted by atomic mass is 9.98. The van der Waals surface area contributed by atoms with Gasteiger partial charge in [0.2, 0.25) is 0 Å². The van der Waals surface area contributed by atoms with Crippen LogP contribution < -0.4 is 4.74 Å². The van der Waals surface area contributed by atoms with Gasteiger partial charge < -0.3 is 19.7 Å². The summed E-state index contributed by atoms with van der Waals surface area (Å²) in [4.78, 5) is 24.4. The maximum Gasteiger partial charge on any atom is 0.490 e. The van der Waals surface area contributed by atoms with Crippen LogP contribution in [-0.4, -0.2) is 75.8 Å². The molecule has 0 aromatic carbocycles. The van der Waals surface area contributed by atoms with Crippen LogP contribution in [0.3, 0.4) is 0 Å². The molecule has 4 rings (SSSR count). The Morgan fingerprint density at radius 3 is 2.31 bits per heavy atom. The van der Waals surface area contributed by atoms with Crippen LogP contribution in [0, 0.1) is 0 Å². The van der Waals surface area contributed by atoms with Gasteiger partial charge in [0.15, 0.2) is 0 Å². The predicted octanol–water partition coefficient (Wildman–Crippen LogP) is 4.22. The molecule has 0 radical (unpaired) electrons. The van der Waals surface area contributed by atoms with Gasteiger partial charge in [0.05, 0.1) is 18.4 Å². The van der Waals surface area contributed by atoms with E-state index in [-0.39, 0.29) is 11.7 Å². The smallest absolute Gasteiger partial charge is 0.486 e. The third kappa shape index (κ3) is 9.62. The SMILES string of the molecule is O=C(O)C(F)(F)F.O=C(O)C(F)(F)F.c1cncc(O[C@@H]2CO[C@@]3(CCN(Cc4ccsc4)C3)C2)c1. The van der Waals surface area contributed by atoms with E-state index in [2.05, 4.69) is 26.7 Å². The molecule has 0 bridgehead atoms. The first-order chi connectivity index (χ1) is 16.7. The molecular formula is C21H22F6N2O6S. The first kappa shape index (κ1) is 29.3. The number of halogens is 6. The minimum Gasteiger partial charge on any atom is -0.486 e. The Hall–Kier alpha value is -2.91. The summed E-state index contributed by atoms with van der Waals surface area (Å²) in [5.41, 5.74) is 1.39. The third-order valence-corrected chi connectivity index (χ3v) is 5.71. The monoisotopic (exact) mass is 544 g/mol. The van der Waals surface area contributed by atoms with Crippen molar-refractivity contribution in [2.45, 2.75) is 43.4 Å². The highest BCUT2D eigenvalue weighted by atomic mass is 32.1. The lowest BCUT2D eigenvalue weighted by molar-refractivity contribution is -0.193. The van der Waals surface area contributed by atoms with E-state index in [0.717, 1.165) is 38.2 Å². The Bertz CT molecular complexity index is 950. The van der Waals surface area contributed by atoms with E-state index in [0.29, 0.717) is 6.61 Å². The standard InChI is InChI=1S/C17H20N2O2S.2C2HF3O2/c1-2-15(9-18-5-1)21-16-8-17(20-11-16)4-6-19(13-17)10-14-3-7-22-12-14;2*3-2(4,5)1(6)7/h1-3,5,7,9,12,16H,4,6,8,10-11,13H2;2*(H,6,7)/t16-,17-;;/m0../s1. The maximum absolute atomic E-state index is 10.6. The van der Waals surface area contributed by atoms with E-state index in [4.69, 9.17) is 29.3 Å². The van der Waals surface area contributed by atoms with Crippen molar-refractivity contribution in [3.63, 3.8) is 0 Å². The normalized spacial score (nSPS) is 21.8. The minimum atomic E-state index is -5.08. The molecule has 2 aromatic heterocycles. The average molecular weight is 544 g/mol. The zero-order valence-electron chi connectivity index (χ0n) is 18.5. The molecule has 36 heavy (non-hydrogen) atoms. The topological polar surface area (TPSA) is 109 Å². The molecule has 0 saturated carbocycles. The highest BCUT2D eigenvalue weighted by Gasteiger charge is 2.46. The molecular weight excluding hydrogens is 522 g/mol. The van der Waals surface area contributed by atoms with Gasteiger partial charge in [0, 0.05) is 32.3 Å². The second-order valence-corrected chi connectivity index (χ2v) is 8.60. The van der Waals surface area contributed by atoms with Gasteiger partial charge in [0.25, 0.3) is 0 Å². The van der Waals surface area contributed by atoms with Crippen molar-refractivity contribution in [2.75, 3.05) is 19.7 Å². The number of hydrogen-bond donors (Lipinski definition) is 2. The number of aliphatic carboxylic acids is 2. The number of carboxylic acids is 2. The maximum atomic E-state index is 10.6. The summed E-state index contributed by atoms with van der Waals surface area (Å²) in [6.45, 7) is 3.83. The fourth-order valence-electron chi connectivity index (χ4n) is 3.48. The molecule has 0 aliphatic carbocycles. The van der Waals surface area contributed by atoms with Crippen LogP contribution in [0.1, 0.15) is 18.4 Å². The zero-order chi connectivity index (χ0) is 27.0. The van der Waals surface area contributed by atoms with Crippen molar-refractivity contribution < 1.29 is 55.6 Å². The summed E-state index contributed by atoms with van der Waals surface area (Å²) in [5, 5.41) is 18.6. The van der Waals surface area contributed by atoms with E-state index in [1.807, 2.05) is 12.1 Å². The van der Waals surface area contributed by atoms with Crippen molar-refractivity contribution in [3.8, 4) is 5.75 Å². The summed E-state index contributed by atoms with van der Waals surface area (Å²) in [7, 11) is 0. The molecule has 4 heterocycles. The van der Waals surface area contributed by atoms with Crippen LogP contribution in [0.5, 0.6) is 5.75 Å². The summed E-state index contributed by atoms with van der Waals surface area (Å²) in [6, 6.07) is 6.06. The second-order valence-electron chi connectivity index (χ2n) is 7.82. The number of ether oxygens (including phenoxy) is 2. The van der Waals surface area contributed by atoms with Gasteiger partial charge in [-0.3, -0.25) is 9.88 Å². The van der Waals surface area contributed by atoms with Crippen molar-refractivity contribution in [2.24, 2.45) is 0 Å². The van der Waals surface area contributed by atoms with Crippen LogP contribution >= 0.6 is 11.3 Å². The van der Waals surface area contributed by atoms with Crippen LogP contribution in [-0.2, 0) is 20.9 Å². The average Bonchev–Trinajstić information content (AvgIpc) is 3.52. The van der Waals surface area contributed by atoms with Crippen LogP contribution in [0.4, 0.5) is 26.3 Å². The highest BCUT2D eigenvalue weighted by molar-refractivity contribution is 7.07. The van der Waals surface area contributed by atoms with Gasteiger partial charge in [-0.05, 0) is 40.9 Å². The lowest BCUT2D eigenvalue weighted by Crippen LogP contribution is -2.33. The van der Waals surface area contributed by atoms with Gasteiger partial charge in [0.1, 0.15) is 11.9 Å². The predicted molar refractivity (Wildman–Crippen MR) is 114 cm³/mol. The number of likely N-dealkylation sites (tertiary alicyclic amines) is 1. The molecule has 2 aliphatic heterocycles. The fraction of sp³-hybridized carbons (Fsp3) is 0.476. The van der Waals surface area contributed by atoms with Crippen molar-refractivity contribution >= 4 is 23.3 Å². The summed E-state index contributed by atoms with van der Waals surface area (Å²) in [6.07, 6.45) is -4.42. The van der Waals surface area contributed by atoms with Crippen molar-refractivity contribution in [1.29, 1.82) is 0 Å². The molecule has 2 saturated heterocycles. The van der Waals surface area contributed by atoms with E-state index in [1.165, 1.54) is 5.56 Å². The Morgan fingerprint density at radius 1 is 1.17 bits per heavy atom. The highest BCUT2D eigenvalue weighted by Crippen LogP contribution is 2.37. The van der Waals surface area contributed by atoms with Crippen LogP contribution in [0.25, 0.3) is 0 Å². The number of rotatable bonds is 4. The number of hydrogen-bond acceptors (Lipinski definition) is 7. The molecule has 8 nitrogen and oxygen atoms in total. The largest absolute Gasteiger partial charge is 0.490 e. The van der Waals surface area contributed by atoms with Crippen molar-refractivity contribution in [3.05, 3.63) is 46.9 Å². The summed E-state index contributed by atoms with van der Waals surface area (Å²) in [5.74, 6) is -4.68. The van der Waals surface area contributed by atoms with Gasteiger partial charge in [-0.2, -0.15) is 37.7 Å². The first-order valence-electron chi connectivity index (χ1n) is 10.2. The Balaban J connectivity index is 0.000000271.